The lowest BCUT2D eigenvalue weighted by atomic mass is 10.2. The molecule has 0 aliphatic carbocycles. The van der Waals surface area contributed by atoms with E-state index in [9.17, 15) is 4.79 Å². The molecule has 0 fully saturated rings. The normalized spacial score (nSPS) is 16.9. The Morgan fingerprint density at radius 1 is 1.40 bits per heavy atom. The summed E-state index contributed by atoms with van der Waals surface area (Å²) in [5.74, 6) is -0.0884. The molecule has 90 valence electrons. The van der Waals surface area contributed by atoms with Crippen LogP contribution in [0.1, 0.15) is 27.2 Å². The van der Waals surface area contributed by atoms with Crippen molar-refractivity contribution in [3.05, 3.63) is 0 Å². The summed E-state index contributed by atoms with van der Waals surface area (Å²) in [5.41, 5.74) is 0. The van der Waals surface area contributed by atoms with Gasteiger partial charge in [0.25, 0.3) is 0 Å². The fourth-order valence-electron chi connectivity index (χ4n) is 0.940. The van der Waals surface area contributed by atoms with Crippen LogP contribution in [0, 0.1) is 0 Å². The summed E-state index contributed by atoms with van der Waals surface area (Å²) < 4.78 is 0. The Balaban J connectivity index is 3.78. The highest BCUT2D eigenvalue weighted by Crippen LogP contribution is 1.90. The van der Waals surface area contributed by atoms with Crippen molar-refractivity contribution in [2.75, 3.05) is 13.2 Å². The van der Waals surface area contributed by atoms with E-state index in [1.807, 2.05) is 13.8 Å². The summed E-state index contributed by atoms with van der Waals surface area (Å²) >= 11 is 0. The van der Waals surface area contributed by atoms with E-state index in [2.05, 4.69) is 10.6 Å². The summed E-state index contributed by atoms with van der Waals surface area (Å²) in [6.07, 6.45) is 0.0708. The molecule has 3 unspecified atom stereocenters. The highest BCUT2D eigenvalue weighted by Gasteiger charge is 2.14. The van der Waals surface area contributed by atoms with Gasteiger partial charge in [-0.05, 0) is 20.3 Å². The number of hydrogen-bond acceptors (Lipinski definition) is 4. The van der Waals surface area contributed by atoms with Crippen molar-refractivity contribution in [3.8, 4) is 0 Å². The third-order valence-corrected chi connectivity index (χ3v) is 2.26. The lowest BCUT2D eigenvalue weighted by Gasteiger charge is -2.18. The molecule has 0 saturated heterocycles. The molecule has 0 radical (unpaired) electrons. The molecule has 4 N–H and O–H groups in total. The van der Waals surface area contributed by atoms with Crippen molar-refractivity contribution < 1.29 is 15.0 Å². The maximum atomic E-state index is 11.5. The molecule has 1 amide bonds. The quantitative estimate of drug-likeness (QED) is 0.452. The summed E-state index contributed by atoms with van der Waals surface area (Å²) in [6, 6.07) is -0.204. The second kappa shape index (κ2) is 7.62. The van der Waals surface area contributed by atoms with Crippen LogP contribution < -0.4 is 10.6 Å². The van der Waals surface area contributed by atoms with E-state index >= 15 is 0 Å². The molecular weight excluding hydrogens is 196 g/mol. The molecule has 15 heavy (non-hydrogen) atoms. The third kappa shape index (κ3) is 6.43. The summed E-state index contributed by atoms with van der Waals surface area (Å²) in [7, 11) is 0. The summed E-state index contributed by atoms with van der Waals surface area (Å²) in [6.45, 7) is 5.58. The first-order valence-corrected chi connectivity index (χ1v) is 5.33. The van der Waals surface area contributed by atoms with Gasteiger partial charge in [-0.3, -0.25) is 4.79 Å². The fraction of sp³-hybridized carbons (Fsp3) is 0.900. The molecule has 0 aliphatic rings. The highest BCUT2D eigenvalue weighted by atomic mass is 16.3. The first-order chi connectivity index (χ1) is 7.01. The lowest BCUT2D eigenvalue weighted by Crippen LogP contribution is -2.47. The number of aliphatic hydroxyl groups excluding tert-OH is 2. The zero-order chi connectivity index (χ0) is 11.8. The Hall–Kier alpha value is -0.650. The Kier molecular flexibility index (Phi) is 7.29. The minimum atomic E-state index is -0.816. The third-order valence-electron chi connectivity index (χ3n) is 2.26. The van der Waals surface area contributed by atoms with Crippen LogP contribution in [0.2, 0.25) is 0 Å². The average molecular weight is 218 g/mol. The van der Waals surface area contributed by atoms with Gasteiger partial charge in [-0.25, -0.2) is 0 Å². The van der Waals surface area contributed by atoms with Crippen LogP contribution in [0.25, 0.3) is 0 Å². The highest BCUT2D eigenvalue weighted by molar-refractivity contribution is 5.81. The van der Waals surface area contributed by atoms with Crippen LogP contribution in [0.4, 0.5) is 0 Å². The smallest absolute Gasteiger partial charge is 0.237 e. The topological polar surface area (TPSA) is 81.6 Å². The van der Waals surface area contributed by atoms with Crippen molar-refractivity contribution >= 4 is 5.91 Å². The molecule has 0 aliphatic heterocycles. The standard InChI is InChI=1S/C10H22N2O3/c1-4-7(2)12-10(15)8(3)11-5-9(14)6-13/h7-9,11,13-14H,4-6H2,1-3H3,(H,12,15). The molecule has 3 atom stereocenters. The van der Waals surface area contributed by atoms with Crippen LogP contribution in [-0.4, -0.2) is 47.5 Å². The SMILES string of the molecule is CCC(C)NC(=O)C(C)NCC(O)CO. The van der Waals surface area contributed by atoms with Crippen molar-refractivity contribution in [1.82, 2.24) is 10.6 Å². The van der Waals surface area contributed by atoms with Gasteiger partial charge in [-0.2, -0.15) is 0 Å². The monoisotopic (exact) mass is 218 g/mol. The number of amides is 1. The van der Waals surface area contributed by atoms with Crippen molar-refractivity contribution in [2.45, 2.75) is 45.4 Å². The minimum absolute atomic E-state index is 0.0884. The summed E-state index contributed by atoms with van der Waals surface area (Å²) in [5, 5.41) is 23.3. The average Bonchev–Trinajstić information content (AvgIpc) is 2.24. The molecule has 0 saturated carbocycles. The second-order valence-corrected chi connectivity index (χ2v) is 3.78. The molecule has 0 aromatic rings. The van der Waals surface area contributed by atoms with E-state index in [4.69, 9.17) is 10.2 Å². The number of rotatable bonds is 7. The predicted molar refractivity (Wildman–Crippen MR) is 58.5 cm³/mol. The number of carbonyl (C=O) groups excluding carboxylic acids is 1. The zero-order valence-electron chi connectivity index (χ0n) is 9.66. The molecule has 0 bridgehead atoms. The van der Waals surface area contributed by atoms with Crippen molar-refractivity contribution in [3.63, 3.8) is 0 Å². The fourth-order valence-corrected chi connectivity index (χ4v) is 0.940. The van der Waals surface area contributed by atoms with E-state index in [0.29, 0.717) is 0 Å². The van der Waals surface area contributed by atoms with Crippen LogP contribution in [0.15, 0.2) is 0 Å². The van der Waals surface area contributed by atoms with Gasteiger partial charge in [0, 0.05) is 12.6 Å². The molecule has 0 aromatic carbocycles. The Morgan fingerprint density at radius 3 is 2.47 bits per heavy atom. The van der Waals surface area contributed by atoms with Crippen LogP contribution >= 0.6 is 0 Å². The Bertz CT molecular complexity index is 188. The van der Waals surface area contributed by atoms with Gasteiger partial charge < -0.3 is 20.8 Å². The molecule has 0 heterocycles. The van der Waals surface area contributed by atoms with Crippen molar-refractivity contribution in [1.29, 1.82) is 0 Å². The van der Waals surface area contributed by atoms with E-state index < -0.39 is 6.10 Å². The van der Waals surface area contributed by atoms with Crippen LogP contribution in [0.5, 0.6) is 0 Å². The number of aliphatic hydroxyl groups is 2. The van der Waals surface area contributed by atoms with E-state index in [-0.39, 0.29) is 31.1 Å². The predicted octanol–water partition coefficient (Wildman–Crippen LogP) is -0.768. The largest absolute Gasteiger partial charge is 0.394 e. The maximum absolute atomic E-state index is 11.5. The Morgan fingerprint density at radius 2 is 2.00 bits per heavy atom. The molecule has 5 nitrogen and oxygen atoms in total. The van der Waals surface area contributed by atoms with E-state index in [0.717, 1.165) is 6.42 Å². The number of carbonyl (C=O) groups is 1. The van der Waals surface area contributed by atoms with Crippen LogP contribution in [-0.2, 0) is 4.79 Å². The maximum Gasteiger partial charge on any atom is 0.237 e. The molecular formula is C10H22N2O3. The van der Waals surface area contributed by atoms with Gasteiger partial charge in [0.05, 0.1) is 18.8 Å². The Labute approximate surface area is 90.9 Å². The van der Waals surface area contributed by atoms with Gasteiger partial charge in [-0.15, -0.1) is 0 Å². The molecule has 0 aromatic heterocycles. The van der Waals surface area contributed by atoms with Gasteiger partial charge in [-0.1, -0.05) is 6.92 Å². The second-order valence-electron chi connectivity index (χ2n) is 3.78. The van der Waals surface area contributed by atoms with E-state index in [1.165, 1.54) is 0 Å². The molecule has 5 heteroatoms. The molecule has 0 spiro atoms. The van der Waals surface area contributed by atoms with Gasteiger partial charge >= 0.3 is 0 Å². The van der Waals surface area contributed by atoms with Gasteiger partial charge in [0.2, 0.25) is 5.91 Å². The van der Waals surface area contributed by atoms with Gasteiger partial charge in [0.15, 0.2) is 0 Å². The number of hydrogen-bond donors (Lipinski definition) is 4. The summed E-state index contributed by atoms with van der Waals surface area (Å²) in [4.78, 5) is 11.5. The first kappa shape index (κ1) is 14.3. The van der Waals surface area contributed by atoms with Gasteiger partial charge in [0.1, 0.15) is 0 Å². The minimum Gasteiger partial charge on any atom is -0.394 e. The van der Waals surface area contributed by atoms with E-state index in [1.54, 1.807) is 6.92 Å². The van der Waals surface area contributed by atoms with Crippen molar-refractivity contribution in [2.24, 2.45) is 0 Å². The lowest BCUT2D eigenvalue weighted by molar-refractivity contribution is -0.123. The zero-order valence-corrected chi connectivity index (χ0v) is 9.66. The van der Waals surface area contributed by atoms with Crippen LogP contribution in [0.3, 0.4) is 0 Å². The number of nitrogens with one attached hydrogen (secondary N) is 2. The molecule has 0 rings (SSSR count). The first-order valence-electron chi connectivity index (χ1n) is 5.33.